The van der Waals surface area contributed by atoms with Crippen LogP contribution in [-0.4, -0.2) is 62.8 Å². The van der Waals surface area contributed by atoms with Gasteiger partial charge in [0.2, 0.25) is 0 Å². The molecule has 3 aromatic rings. The molecule has 5 heteroatoms. The Hall–Kier alpha value is -2.76. The first-order valence-corrected chi connectivity index (χ1v) is 12.6. The van der Waals surface area contributed by atoms with Crippen molar-refractivity contribution in [3.8, 4) is 17.2 Å². The lowest BCUT2D eigenvalue weighted by Crippen LogP contribution is -2.49. The summed E-state index contributed by atoms with van der Waals surface area (Å²) in [6.45, 7) is 6.32. The Morgan fingerprint density at radius 1 is 0.882 bits per heavy atom. The number of nitrogens with zero attached hydrogens (tertiary/aromatic N) is 2. The van der Waals surface area contributed by atoms with Crippen molar-refractivity contribution in [1.29, 1.82) is 0 Å². The molecular formula is C29H36N2O3. The standard InChI is InChI=1S/C29H36N2O3/c1-32-28-18-24-12-15-31(20-25(24)19-29(28)33-2)26-9-5-13-30(21-26)14-6-16-34-27-11-10-22-7-3-4-8-23(22)17-27/h3-4,7-8,10-11,17-19,26H,5-6,9,12-16,20-21H2,1-2H3/t26-/m1/s1. The van der Waals surface area contributed by atoms with Crippen molar-refractivity contribution >= 4 is 10.8 Å². The summed E-state index contributed by atoms with van der Waals surface area (Å²) in [5.74, 6) is 2.64. The van der Waals surface area contributed by atoms with Crippen molar-refractivity contribution in [3.05, 3.63) is 65.7 Å². The number of methoxy groups -OCH3 is 2. The van der Waals surface area contributed by atoms with Crippen LogP contribution in [0.15, 0.2) is 54.6 Å². The maximum atomic E-state index is 6.07. The van der Waals surface area contributed by atoms with E-state index in [0.717, 1.165) is 62.9 Å². The monoisotopic (exact) mass is 460 g/mol. The van der Waals surface area contributed by atoms with Crippen molar-refractivity contribution in [2.75, 3.05) is 47.0 Å². The number of benzene rings is 3. The zero-order valence-corrected chi connectivity index (χ0v) is 20.5. The quantitative estimate of drug-likeness (QED) is 0.435. The molecule has 1 saturated heterocycles. The number of hydrogen-bond acceptors (Lipinski definition) is 5. The summed E-state index contributed by atoms with van der Waals surface area (Å²) in [5.41, 5.74) is 2.78. The highest BCUT2D eigenvalue weighted by atomic mass is 16.5. The molecule has 2 aliphatic rings. The molecule has 2 heterocycles. The highest BCUT2D eigenvalue weighted by Crippen LogP contribution is 2.34. The lowest BCUT2D eigenvalue weighted by atomic mass is 9.95. The lowest BCUT2D eigenvalue weighted by Gasteiger charge is -2.41. The van der Waals surface area contributed by atoms with Crippen LogP contribution in [0.5, 0.6) is 17.2 Å². The van der Waals surface area contributed by atoms with Gasteiger partial charge in [0.1, 0.15) is 5.75 Å². The summed E-state index contributed by atoms with van der Waals surface area (Å²) in [7, 11) is 3.43. The molecule has 2 aliphatic heterocycles. The second-order valence-electron chi connectivity index (χ2n) is 9.50. The highest BCUT2D eigenvalue weighted by molar-refractivity contribution is 5.83. The molecule has 0 aliphatic carbocycles. The van der Waals surface area contributed by atoms with Crippen LogP contribution >= 0.6 is 0 Å². The topological polar surface area (TPSA) is 34.2 Å². The number of fused-ring (bicyclic) bond motifs is 2. The van der Waals surface area contributed by atoms with Gasteiger partial charge in [-0.3, -0.25) is 4.90 Å². The summed E-state index contributed by atoms with van der Waals surface area (Å²) < 4.78 is 17.1. The van der Waals surface area contributed by atoms with Gasteiger partial charge in [0.15, 0.2) is 11.5 Å². The van der Waals surface area contributed by atoms with E-state index in [4.69, 9.17) is 14.2 Å². The summed E-state index contributed by atoms with van der Waals surface area (Å²) >= 11 is 0. The van der Waals surface area contributed by atoms with Crippen LogP contribution in [0.1, 0.15) is 30.4 Å². The maximum Gasteiger partial charge on any atom is 0.161 e. The van der Waals surface area contributed by atoms with E-state index < -0.39 is 0 Å². The normalized spacial score (nSPS) is 19.1. The van der Waals surface area contributed by atoms with Gasteiger partial charge in [-0.05, 0) is 78.4 Å². The molecule has 0 unspecified atom stereocenters. The average molecular weight is 461 g/mol. The molecule has 1 fully saturated rings. The molecule has 180 valence electrons. The Balaban J connectivity index is 1.12. The number of ether oxygens (including phenoxy) is 3. The Morgan fingerprint density at radius 2 is 1.68 bits per heavy atom. The molecule has 5 nitrogen and oxygen atoms in total. The third-order valence-electron chi connectivity index (χ3n) is 7.35. The van der Waals surface area contributed by atoms with E-state index in [-0.39, 0.29) is 0 Å². The number of hydrogen-bond donors (Lipinski definition) is 0. The Bertz CT molecular complexity index is 1120. The van der Waals surface area contributed by atoms with E-state index in [1.165, 1.54) is 41.3 Å². The number of piperidine rings is 1. The molecule has 0 amide bonds. The van der Waals surface area contributed by atoms with Gasteiger partial charge in [-0.25, -0.2) is 0 Å². The highest BCUT2D eigenvalue weighted by Gasteiger charge is 2.28. The summed E-state index contributed by atoms with van der Waals surface area (Å²) in [5, 5.41) is 2.49. The van der Waals surface area contributed by atoms with Crippen LogP contribution in [-0.2, 0) is 13.0 Å². The molecule has 1 atom stereocenters. The molecule has 0 spiro atoms. The Morgan fingerprint density at radius 3 is 2.50 bits per heavy atom. The zero-order valence-electron chi connectivity index (χ0n) is 20.5. The van der Waals surface area contributed by atoms with E-state index in [1.54, 1.807) is 14.2 Å². The third-order valence-corrected chi connectivity index (χ3v) is 7.35. The van der Waals surface area contributed by atoms with Crippen LogP contribution in [0.25, 0.3) is 10.8 Å². The van der Waals surface area contributed by atoms with Gasteiger partial charge in [-0.1, -0.05) is 30.3 Å². The number of rotatable bonds is 8. The Kier molecular flexibility index (Phi) is 7.21. The van der Waals surface area contributed by atoms with Gasteiger partial charge < -0.3 is 19.1 Å². The molecule has 5 rings (SSSR count). The first-order chi connectivity index (χ1) is 16.7. The summed E-state index contributed by atoms with van der Waals surface area (Å²) in [4.78, 5) is 5.30. The summed E-state index contributed by atoms with van der Waals surface area (Å²) in [6, 6.07) is 19.8. The van der Waals surface area contributed by atoms with Crippen LogP contribution in [0.2, 0.25) is 0 Å². The number of likely N-dealkylation sites (tertiary alicyclic amines) is 1. The minimum absolute atomic E-state index is 0.622. The fourth-order valence-electron chi connectivity index (χ4n) is 5.48. The van der Waals surface area contributed by atoms with E-state index >= 15 is 0 Å². The van der Waals surface area contributed by atoms with Crippen molar-refractivity contribution in [1.82, 2.24) is 9.80 Å². The molecular weight excluding hydrogens is 424 g/mol. The fourth-order valence-corrected chi connectivity index (χ4v) is 5.48. The van der Waals surface area contributed by atoms with Crippen LogP contribution < -0.4 is 14.2 Å². The molecule has 0 aromatic heterocycles. The van der Waals surface area contributed by atoms with Crippen LogP contribution in [0, 0.1) is 0 Å². The zero-order chi connectivity index (χ0) is 23.3. The molecule has 0 N–H and O–H groups in total. The predicted octanol–water partition coefficient (Wildman–Crippen LogP) is 5.15. The van der Waals surface area contributed by atoms with Gasteiger partial charge in [0, 0.05) is 32.2 Å². The van der Waals surface area contributed by atoms with E-state index in [0.29, 0.717) is 6.04 Å². The molecule has 0 radical (unpaired) electrons. The van der Waals surface area contributed by atoms with Gasteiger partial charge in [0.25, 0.3) is 0 Å². The summed E-state index contributed by atoms with van der Waals surface area (Å²) in [6.07, 6.45) is 4.68. The van der Waals surface area contributed by atoms with Gasteiger partial charge in [-0.15, -0.1) is 0 Å². The lowest BCUT2D eigenvalue weighted by molar-refractivity contribution is 0.0844. The predicted molar refractivity (Wildman–Crippen MR) is 137 cm³/mol. The maximum absolute atomic E-state index is 6.07. The van der Waals surface area contributed by atoms with Gasteiger partial charge >= 0.3 is 0 Å². The first-order valence-electron chi connectivity index (χ1n) is 12.6. The minimum Gasteiger partial charge on any atom is -0.494 e. The van der Waals surface area contributed by atoms with Crippen molar-refractivity contribution in [3.63, 3.8) is 0 Å². The second-order valence-corrected chi connectivity index (χ2v) is 9.50. The molecule has 34 heavy (non-hydrogen) atoms. The van der Waals surface area contributed by atoms with E-state index in [1.807, 2.05) is 0 Å². The Labute approximate surface area is 203 Å². The van der Waals surface area contributed by atoms with Gasteiger partial charge in [-0.2, -0.15) is 0 Å². The van der Waals surface area contributed by atoms with Crippen molar-refractivity contribution in [2.24, 2.45) is 0 Å². The van der Waals surface area contributed by atoms with Crippen LogP contribution in [0.4, 0.5) is 0 Å². The average Bonchev–Trinajstić information content (AvgIpc) is 2.90. The molecule has 0 bridgehead atoms. The van der Waals surface area contributed by atoms with Crippen molar-refractivity contribution < 1.29 is 14.2 Å². The smallest absolute Gasteiger partial charge is 0.161 e. The second kappa shape index (κ2) is 10.7. The van der Waals surface area contributed by atoms with Gasteiger partial charge in [0.05, 0.1) is 20.8 Å². The van der Waals surface area contributed by atoms with Crippen LogP contribution in [0.3, 0.4) is 0 Å². The molecule has 3 aromatic carbocycles. The largest absolute Gasteiger partial charge is 0.494 e. The third kappa shape index (κ3) is 5.16. The SMILES string of the molecule is COc1cc2c(cc1OC)CN([C@@H]1CCCN(CCCOc3ccc4ccccc4c3)C1)CC2. The minimum atomic E-state index is 0.622. The molecule has 0 saturated carbocycles. The van der Waals surface area contributed by atoms with E-state index in [2.05, 4.69) is 64.4 Å². The van der Waals surface area contributed by atoms with Crippen molar-refractivity contribution in [2.45, 2.75) is 38.3 Å². The van der Waals surface area contributed by atoms with E-state index in [9.17, 15) is 0 Å². The fraction of sp³-hybridized carbons (Fsp3) is 0.448. The first kappa shape index (κ1) is 23.0.